The SMILES string of the molecule is Cc1cc2cc(Br)ccc2c(OS(=O)(=O)C(F)(F)F)c1C(C)O. The predicted molar refractivity (Wildman–Crippen MR) is 82.6 cm³/mol. The fourth-order valence-corrected chi connectivity index (χ4v) is 3.13. The van der Waals surface area contributed by atoms with Crippen LogP contribution in [0.25, 0.3) is 10.8 Å². The van der Waals surface area contributed by atoms with Crippen molar-refractivity contribution < 1.29 is 30.9 Å². The fraction of sp³-hybridized carbons (Fsp3) is 0.286. The molecule has 1 N–H and O–H groups in total. The van der Waals surface area contributed by atoms with Crippen molar-refractivity contribution in [2.75, 3.05) is 0 Å². The van der Waals surface area contributed by atoms with Crippen LogP contribution in [0.4, 0.5) is 13.2 Å². The summed E-state index contributed by atoms with van der Waals surface area (Å²) in [4.78, 5) is 0. The van der Waals surface area contributed by atoms with Gasteiger partial charge in [0.05, 0.1) is 6.10 Å². The van der Waals surface area contributed by atoms with Crippen molar-refractivity contribution in [1.29, 1.82) is 0 Å². The summed E-state index contributed by atoms with van der Waals surface area (Å²) in [5, 5.41) is 10.5. The second-order valence-corrected chi connectivity index (χ2v) is 7.41. The highest BCUT2D eigenvalue weighted by Gasteiger charge is 2.49. The molecule has 2 aromatic carbocycles. The van der Waals surface area contributed by atoms with Crippen LogP contribution in [-0.2, 0) is 10.1 Å². The molecule has 0 fully saturated rings. The Kier molecular flexibility index (Phi) is 4.67. The van der Waals surface area contributed by atoms with Gasteiger partial charge in [0.2, 0.25) is 0 Å². The third-order valence-corrected chi connectivity index (χ3v) is 4.64. The Labute approximate surface area is 139 Å². The van der Waals surface area contributed by atoms with Crippen LogP contribution >= 0.6 is 15.9 Å². The first-order valence-electron chi connectivity index (χ1n) is 6.35. The van der Waals surface area contributed by atoms with Crippen molar-refractivity contribution in [2.45, 2.75) is 25.5 Å². The summed E-state index contributed by atoms with van der Waals surface area (Å²) in [6.07, 6.45) is -1.21. The van der Waals surface area contributed by atoms with Crippen molar-refractivity contribution in [3.05, 3.63) is 39.9 Å². The van der Waals surface area contributed by atoms with Crippen LogP contribution in [0.15, 0.2) is 28.7 Å². The number of benzene rings is 2. The molecule has 9 heteroatoms. The van der Waals surface area contributed by atoms with E-state index in [1.807, 2.05) is 0 Å². The number of hydrogen-bond acceptors (Lipinski definition) is 4. The second kappa shape index (κ2) is 5.95. The minimum atomic E-state index is -5.85. The van der Waals surface area contributed by atoms with Gasteiger partial charge in [-0.05, 0) is 43.0 Å². The van der Waals surface area contributed by atoms with Gasteiger partial charge in [-0.3, -0.25) is 0 Å². The van der Waals surface area contributed by atoms with Gasteiger partial charge in [-0.1, -0.05) is 22.0 Å². The van der Waals surface area contributed by atoms with Gasteiger partial charge in [0.15, 0.2) is 5.75 Å². The van der Waals surface area contributed by atoms with Gasteiger partial charge in [-0.25, -0.2) is 0 Å². The number of hydrogen-bond donors (Lipinski definition) is 1. The van der Waals surface area contributed by atoms with Crippen LogP contribution in [0, 0.1) is 6.92 Å². The molecule has 2 aromatic rings. The van der Waals surface area contributed by atoms with Crippen LogP contribution < -0.4 is 4.18 Å². The smallest absolute Gasteiger partial charge is 0.389 e. The van der Waals surface area contributed by atoms with Crippen molar-refractivity contribution in [3.8, 4) is 5.75 Å². The normalized spacial score (nSPS) is 14.0. The highest BCUT2D eigenvalue weighted by molar-refractivity contribution is 9.10. The Hall–Kier alpha value is -1.32. The average Bonchev–Trinajstić information content (AvgIpc) is 2.35. The van der Waals surface area contributed by atoms with E-state index in [2.05, 4.69) is 20.1 Å². The molecule has 0 saturated heterocycles. The third-order valence-electron chi connectivity index (χ3n) is 3.19. The summed E-state index contributed by atoms with van der Waals surface area (Å²) in [7, 11) is -5.85. The number of aliphatic hydroxyl groups is 1. The largest absolute Gasteiger partial charge is 0.534 e. The van der Waals surface area contributed by atoms with E-state index >= 15 is 0 Å². The summed E-state index contributed by atoms with van der Waals surface area (Å²) in [6.45, 7) is 2.87. The summed E-state index contributed by atoms with van der Waals surface area (Å²) >= 11 is 3.23. The number of fused-ring (bicyclic) bond motifs is 1. The lowest BCUT2D eigenvalue weighted by molar-refractivity contribution is -0.0500. The average molecular weight is 413 g/mol. The van der Waals surface area contributed by atoms with Crippen LogP contribution in [0.2, 0.25) is 0 Å². The summed E-state index contributed by atoms with van der Waals surface area (Å²) < 4.78 is 65.7. The molecule has 0 aromatic heterocycles. The standard InChI is InChI=1S/C14H12BrF3O4S/c1-7-5-9-6-10(15)3-4-11(9)13(12(7)8(2)19)22-23(20,21)14(16,17)18/h3-6,8,19H,1-2H3. The highest BCUT2D eigenvalue weighted by atomic mass is 79.9. The molecule has 4 nitrogen and oxygen atoms in total. The number of halogens is 4. The zero-order valence-corrected chi connectivity index (χ0v) is 14.4. The Bertz CT molecular complexity index is 860. The molecule has 0 heterocycles. The third kappa shape index (κ3) is 3.46. The van der Waals surface area contributed by atoms with Crippen LogP contribution in [0.3, 0.4) is 0 Å². The molecule has 2 rings (SSSR count). The minimum Gasteiger partial charge on any atom is -0.389 e. The first-order chi connectivity index (χ1) is 10.4. The summed E-state index contributed by atoms with van der Waals surface area (Å²) in [5.41, 5.74) is -5.15. The monoisotopic (exact) mass is 412 g/mol. The molecule has 0 amide bonds. The van der Waals surface area contributed by atoms with E-state index in [-0.39, 0.29) is 10.9 Å². The fourth-order valence-electron chi connectivity index (χ4n) is 2.26. The van der Waals surface area contributed by atoms with Crippen molar-refractivity contribution in [3.63, 3.8) is 0 Å². The van der Waals surface area contributed by atoms with Gasteiger partial charge in [-0.15, -0.1) is 0 Å². The van der Waals surface area contributed by atoms with Gasteiger partial charge in [0, 0.05) is 15.4 Å². The van der Waals surface area contributed by atoms with E-state index in [0.717, 1.165) is 0 Å². The zero-order chi connectivity index (χ0) is 17.6. The number of aliphatic hydroxyl groups excluding tert-OH is 1. The maximum Gasteiger partial charge on any atom is 0.534 e. The zero-order valence-electron chi connectivity index (χ0n) is 12.0. The van der Waals surface area contributed by atoms with Crippen LogP contribution in [0.1, 0.15) is 24.2 Å². The van der Waals surface area contributed by atoms with E-state index in [1.165, 1.54) is 19.1 Å². The lowest BCUT2D eigenvalue weighted by Crippen LogP contribution is -2.28. The number of rotatable bonds is 3. The molecular weight excluding hydrogens is 401 g/mol. The first-order valence-corrected chi connectivity index (χ1v) is 8.56. The van der Waals surface area contributed by atoms with E-state index in [0.29, 0.717) is 15.4 Å². The van der Waals surface area contributed by atoms with Gasteiger partial charge < -0.3 is 9.29 Å². The second-order valence-electron chi connectivity index (χ2n) is 4.96. The Balaban J connectivity index is 2.81. The number of alkyl halides is 3. The Morgan fingerprint density at radius 3 is 2.39 bits per heavy atom. The van der Waals surface area contributed by atoms with E-state index in [4.69, 9.17) is 0 Å². The maximum absolute atomic E-state index is 12.6. The Morgan fingerprint density at radius 1 is 1.26 bits per heavy atom. The van der Waals surface area contributed by atoms with Crippen LogP contribution in [-0.4, -0.2) is 19.0 Å². The molecule has 23 heavy (non-hydrogen) atoms. The van der Waals surface area contributed by atoms with Crippen molar-refractivity contribution in [1.82, 2.24) is 0 Å². The molecule has 0 radical (unpaired) electrons. The quantitative estimate of drug-likeness (QED) is 0.606. The maximum atomic E-state index is 12.6. The Morgan fingerprint density at radius 2 is 1.87 bits per heavy atom. The highest BCUT2D eigenvalue weighted by Crippen LogP contribution is 2.40. The van der Waals surface area contributed by atoms with E-state index in [1.54, 1.807) is 19.1 Å². The minimum absolute atomic E-state index is 0.00681. The molecule has 0 aliphatic rings. The van der Waals surface area contributed by atoms with Crippen LogP contribution in [0.5, 0.6) is 5.75 Å². The van der Waals surface area contributed by atoms with Gasteiger partial charge >= 0.3 is 15.6 Å². The first kappa shape index (κ1) is 18.0. The molecule has 0 bridgehead atoms. The predicted octanol–water partition coefficient (Wildman–Crippen LogP) is 4.19. The summed E-state index contributed by atoms with van der Waals surface area (Å²) in [5.74, 6) is -0.514. The van der Waals surface area contributed by atoms with Gasteiger partial charge in [0.25, 0.3) is 0 Å². The lowest BCUT2D eigenvalue weighted by atomic mass is 9.97. The molecular formula is C14H12BrF3O4S. The molecule has 1 unspecified atom stereocenters. The van der Waals surface area contributed by atoms with Gasteiger partial charge in [-0.2, -0.15) is 21.6 Å². The van der Waals surface area contributed by atoms with E-state index in [9.17, 15) is 26.7 Å². The van der Waals surface area contributed by atoms with Gasteiger partial charge in [0.1, 0.15) is 0 Å². The molecule has 0 aliphatic heterocycles. The molecule has 1 atom stereocenters. The molecule has 0 aliphatic carbocycles. The van der Waals surface area contributed by atoms with E-state index < -0.39 is 27.5 Å². The van der Waals surface area contributed by atoms with Crippen molar-refractivity contribution in [2.24, 2.45) is 0 Å². The topological polar surface area (TPSA) is 63.6 Å². The molecule has 0 saturated carbocycles. The lowest BCUT2D eigenvalue weighted by Gasteiger charge is -2.19. The number of aryl methyl sites for hydroxylation is 1. The molecule has 126 valence electrons. The van der Waals surface area contributed by atoms with Crippen molar-refractivity contribution >= 4 is 36.8 Å². The summed E-state index contributed by atoms with van der Waals surface area (Å²) in [6, 6.07) is 6.21. The molecule has 0 spiro atoms.